The van der Waals surface area contributed by atoms with Crippen LogP contribution in [0, 0.1) is 0 Å². The van der Waals surface area contributed by atoms with E-state index in [1.165, 1.54) is 0 Å². The van der Waals surface area contributed by atoms with Crippen LogP contribution in [-0.4, -0.2) is 16.7 Å². The first-order chi connectivity index (χ1) is 6.74. The van der Waals surface area contributed by atoms with Crippen molar-refractivity contribution in [3.05, 3.63) is 29.9 Å². The lowest BCUT2D eigenvalue weighted by atomic mass is 10.3. The van der Waals surface area contributed by atoms with E-state index in [0.717, 1.165) is 17.2 Å². The highest BCUT2D eigenvalue weighted by molar-refractivity contribution is 5.59. The number of hydrogen-bond acceptors (Lipinski definition) is 2. The normalized spacial score (nSPS) is 11.1. The highest BCUT2D eigenvalue weighted by Gasteiger charge is 2.08. The van der Waals surface area contributed by atoms with Crippen LogP contribution in [0.5, 0.6) is 0 Å². The number of imidazole rings is 1. The van der Waals surface area contributed by atoms with E-state index in [1.807, 2.05) is 30.7 Å². The van der Waals surface area contributed by atoms with Gasteiger partial charge >= 0.3 is 0 Å². The van der Waals surface area contributed by atoms with Crippen molar-refractivity contribution in [1.29, 1.82) is 0 Å². The van der Waals surface area contributed by atoms with Gasteiger partial charge in [0.25, 0.3) is 0 Å². The average molecular weight is 192 g/mol. The van der Waals surface area contributed by atoms with Gasteiger partial charge in [0.1, 0.15) is 12.4 Å². The van der Waals surface area contributed by atoms with Crippen molar-refractivity contribution in [2.75, 3.05) is 7.11 Å². The molecule has 1 aromatic rings. The molecule has 0 aromatic carbocycles. The maximum absolute atomic E-state index is 5.06. The third kappa shape index (κ3) is 1.93. The average Bonchev–Trinajstić information content (AvgIpc) is 2.47. The summed E-state index contributed by atoms with van der Waals surface area (Å²) in [5, 5.41) is 0. The minimum Gasteiger partial charge on any atom is -0.377 e. The number of aromatic nitrogens is 2. The molecule has 0 unspecified atom stereocenters. The number of allylic oxidation sites excluding steroid dienone is 1. The molecule has 14 heavy (non-hydrogen) atoms. The Morgan fingerprint density at radius 3 is 2.79 bits per heavy atom. The molecule has 0 bridgehead atoms. The van der Waals surface area contributed by atoms with Gasteiger partial charge < -0.3 is 9.30 Å². The molecule has 0 radical (unpaired) electrons. The van der Waals surface area contributed by atoms with Gasteiger partial charge in [0.15, 0.2) is 0 Å². The molecule has 1 rings (SSSR count). The molecule has 0 saturated carbocycles. The van der Waals surface area contributed by atoms with E-state index >= 15 is 0 Å². The van der Waals surface area contributed by atoms with Crippen molar-refractivity contribution >= 4 is 12.2 Å². The van der Waals surface area contributed by atoms with Gasteiger partial charge in [-0.15, -0.1) is 0 Å². The fraction of sp³-hybridized carbons (Fsp3) is 0.364. The van der Waals surface area contributed by atoms with Gasteiger partial charge in [-0.3, -0.25) is 0 Å². The molecule has 0 N–H and O–H groups in total. The SMILES string of the molecule is C=Cc1nc(COC)n(C)c1/C=C\C. The second-order valence-corrected chi connectivity index (χ2v) is 2.99. The molecule has 76 valence electrons. The van der Waals surface area contributed by atoms with Crippen LogP contribution >= 0.6 is 0 Å². The quantitative estimate of drug-likeness (QED) is 0.731. The number of rotatable bonds is 4. The van der Waals surface area contributed by atoms with E-state index in [1.54, 1.807) is 13.2 Å². The lowest BCUT2D eigenvalue weighted by molar-refractivity contribution is 0.175. The van der Waals surface area contributed by atoms with Crippen molar-refractivity contribution in [1.82, 2.24) is 9.55 Å². The second kappa shape index (κ2) is 4.77. The van der Waals surface area contributed by atoms with Crippen molar-refractivity contribution in [3.8, 4) is 0 Å². The summed E-state index contributed by atoms with van der Waals surface area (Å²) in [5.74, 6) is 0.913. The van der Waals surface area contributed by atoms with E-state index in [0.29, 0.717) is 6.61 Å². The standard InChI is InChI=1S/C11H16N2O/c1-5-7-10-9(6-2)12-11(8-14-4)13(10)3/h5-7H,2,8H2,1,3-4H3/b7-5-. The molecule has 0 amide bonds. The first kappa shape index (κ1) is 10.7. The Balaban J connectivity index is 3.17. The predicted molar refractivity (Wildman–Crippen MR) is 58.7 cm³/mol. The van der Waals surface area contributed by atoms with Crippen LogP contribution in [-0.2, 0) is 18.4 Å². The Kier molecular flexibility index (Phi) is 3.65. The second-order valence-electron chi connectivity index (χ2n) is 2.99. The summed E-state index contributed by atoms with van der Waals surface area (Å²) in [6, 6.07) is 0. The van der Waals surface area contributed by atoms with Crippen LogP contribution in [0.25, 0.3) is 12.2 Å². The van der Waals surface area contributed by atoms with Gasteiger partial charge in [-0.1, -0.05) is 12.7 Å². The Hall–Kier alpha value is -1.35. The van der Waals surface area contributed by atoms with Crippen LogP contribution < -0.4 is 0 Å². The molecule has 0 saturated heterocycles. The summed E-state index contributed by atoms with van der Waals surface area (Å²) in [6.07, 6.45) is 5.76. The third-order valence-electron chi connectivity index (χ3n) is 2.05. The van der Waals surface area contributed by atoms with Gasteiger partial charge in [-0.25, -0.2) is 4.98 Å². The topological polar surface area (TPSA) is 27.1 Å². The van der Waals surface area contributed by atoms with E-state index in [-0.39, 0.29) is 0 Å². The molecule has 0 atom stereocenters. The smallest absolute Gasteiger partial charge is 0.135 e. The van der Waals surface area contributed by atoms with Crippen molar-refractivity contribution in [3.63, 3.8) is 0 Å². The zero-order valence-electron chi connectivity index (χ0n) is 8.95. The van der Waals surface area contributed by atoms with Gasteiger partial charge in [0.2, 0.25) is 0 Å². The van der Waals surface area contributed by atoms with Crippen molar-refractivity contribution in [2.24, 2.45) is 7.05 Å². The van der Waals surface area contributed by atoms with Crippen LogP contribution in [0.15, 0.2) is 12.7 Å². The number of methoxy groups -OCH3 is 1. The highest BCUT2D eigenvalue weighted by atomic mass is 16.5. The number of nitrogens with zero attached hydrogens (tertiary/aromatic N) is 2. The number of ether oxygens (including phenoxy) is 1. The van der Waals surface area contributed by atoms with Crippen LogP contribution in [0.3, 0.4) is 0 Å². The fourth-order valence-electron chi connectivity index (χ4n) is 1.35. The zero-order valence-corrected chi connectivity index (χ0v) is 8.95. The zero-order chi connectivity index (χ0) is 10.6. The van der Waals surface area contributed by atoms with Crippen LogP contribution in [0.1, 0.15) is 24.1 Å². The highest BCUT2D eigenvalue weighted by Crippen LogP contribution is 2.14. The summed E-state index contributed by atoms with van der Waals surface area (Å²) < 4.78 is 7.07. The van der Waals surface area contributed by atoms with Gasteiger partial charge in [0.05, 0.1) is 11.4 Å². The molecule has 3 nitrogen and oxygen atoms in total. The van der Waals surface area contributed by atoms with Gasteiger partial charge in [0, 0.05) is 14.2 Å². The molecule has 1 heterocycles. The molecule has 0 aliphatic heterocycles. The molecule has 0 aliphatic carbocycles. The van der Waals surface area contributed by atoms with Gasteiger partial charge in [-0.05, 0) is 19.1 Å². The third-order valence-corrected chi connectivity index (χ3v) is 2.05. The predicted octanol–water partition coefficient (Wildman–Crippen LogP) is 2.24. The largest absolute Gasteiger partial charge is 0.377 e. The molecule has 0 aliphatic rings. The summed E-state index contributed by atoms with van der Waals surface area (Å²) in [6.45, 7) is 6.24. The Bertz CT molecular complexity index is 350. The fourth-order valence-corrected chi connectivity index (χ4v) is 1.35. The summed E-state index contributed by atoms with van der Waals surface area (Å²) in [5.41, 5.74) is 1.97. The molecular formula is C11H16N2O. The molecule has 3 heteroatoms. The first-order valence-corrected chi connectivity index (χ1v) is 4.54. The van der Waals surface area contributed by atoms with Crippen LogP contribution in [0.4, 0.5) is 0 Å². The lowest BCUT2D eigenvalue weighted by Crippen LogP contribution is -2.00. The van der Waals surface area contributed by atoms with E-state index in [4.69, 9.17) is 4.74 Å². The Morgan fingerprint density at radius 2 is 2.29 bits per heavy atom. The van der Waals surface area contributed by atoms with Crippen molar-refractivity contribution < 1.29 is 4.74 Å². The molecular weight excluding hydrogens is 176 g/mol. The first-order valence-electron chi connectivity index (χ1n) is 4.54. The van der Waals surface area contributed by atoms with Gasteiger partial charge in [-0.2, -0.15) is 0 Å². The summed E-state index contributed by atoms with van der Waals surface area (Å²) >= 11 is 0. The van der Waals surface area contributed by atoms with E-state index in [9.17, 15) is 0 Å². The minimum absolute atomic E-state index is 0.523. The molecule has 0 spiro atoms. The lowest BCUT2D eigenvalue weighted by Gasteiger charge is -2.01. The monoisotopic (exact) mass is 192 g/mol. The molecule has 0 fully saturated rings. The molecule has 1 aromatic heterocycles. The maximum Gasteiger partial charge on any atom is 0.135 e. The Morgan fingerprint density at radius 1 is 1.57 bits per heavy atom. The van der Waals surface area contributed by atoms with Crippen LogP contribution in [0.2, 0.25) is 0 Å². The summed E-state index contributed by atoms with van der Waals surface area (Å²) in [7, 11) is 3.64. The summed E-state index contributed by atoms with van der Waals surface area (Å²) in [4.78, 5) is 4.41. The van der Waals surface area contributed by atoms with E-state index < -0.39 is 0 Å². The number of hydrogen-bond donors (Lipinski definition) is 0. The minimum atomic E-state index is 0.523. The Labute approximate surface area is 84.7 Å². The van der Waals surface area contributed by atoms with Crippen molar-refractivity contribution in [2.45, 2.75) is 13.5 Å². The van der Waals surface area contributed by atoms with E-state index in [2.05, 4.69) is 11.6 Å². The maximum atomic E-state index is 5.06.